The molecule has 128 valence electrons. The van der Waals surface area contributed by atoms with Crippen LogP contribution in [0.2, 0.25) is 0 Å². The highest BCUT2D eigenvalue weighted by atomic mass is 32.2. The van der Waals surface area contributed by atoms with Gasteiger partial charge in [0.05, 0.1) is 13.2 Å². The van der Waals surface area contributed by atoms with Gasteiger partial charge < -0.3 is 10.1 Å². The third-order valence-corrected chi connectivity index (χ3v) is 5.61. The van der Waals surface area contributed by atoms with E-state index in [2.05, 4.69) is 10.3 Å². The summed E-state index contributed by atoms with van der Waals surface area (Å²) in [5.74, 6) is 0.273. The molecule has 0 bridgehead atoms. The summed E-state index contributed by atoms with van der Waals surface area (Å²) < 4.78 is 44.4. The average Bonchev–Trinajstić information content (AvgIpc) is 2.62. The van der Waals surface area contributed by atoms with Gasteiger partial charge in [-0.3, -0.25) is 0 Å². The number of sulfonamides is 1. The Morgan fingerprint density at radius 2 is 1.83 bits per heavy atom. The number of pyridine rings is 1. The molecule has 6 nitrogen and oxygen atoms in total. The van der Waals surface area contributed by atoms with Gasteiger partial charge in [0.15, 0.2) is 0 Å². The molecule has 1 aliphatic rings. The van der Waals surface area contributed by atoms with Crippen molar-refractivity contribution in [3.05, 3.63) is 54.0 Å². The Bertz CT molecular complexity index is 773. The van der Waals surface area contributed by atoms with Gasteiger partial charge >= 0.3 is 0 Å². The SMILES string of the molecule is O=S(=O)(c1ccc(NCc2ccc(F)cc2)nc1)N1CCOCC1. The molecule has 1 fully saturated rings. The standard InChI is InChI=1S/C16H18FN3O3S/c17-14-3-1-13(2-4-14)11-18-16-6-5-15(12-19-16)24(21,22)20-7-9-23-10-8-20/h1-6,12H,7-11H2,(H,18,19). The number of hydrogen-bond acceptors (Lipinski definition) is 5. The van der Waals surface area contributed by atoms with Crippen molar-refractivity contribution >= 4 is 15.8 Å². The number of nitrogens with one attached hydrogen (secondary N) is 1. The molecular formula is C16H18FN3O3S. The minimum atomic E-state index is -3.53. The molecule has 1 saturated heterocycles. The zero-order chi connectivity index (χ0) is 17.0. The number of ether oxygens (including phenoxy) is 1. The van der Waals surface area contributed by atoms with E-state index in [-0.39, 0.29) is 10.7 Å². The molecule has 0 atom stereocenters. The largest absolute Gasteiger partial charge is 0.379 e. The third-order valence-electron chi connectivity index (χ3n) is 3.73. The lowest BCUT2D eigenvalue weighted by molar-refractivity contribution is 0.0730. The topological polar surface area (TPSA) is 71.5 Å². The fourth-order valence-electron chi connectivity index (χ4n) is 2.37. The van der Waals surface area contributed by atoms with Crippen molar-refractivity contribution in [2.75, 3.05) is 31.6 Å². The van der Waals surface area contributed by atoms with Gasteiger partial charge in [0.1, 0.15) is 16.5 Å². The van der Waals surface area contributed by atoms with Gasteiger partial charge in [0.2, 0.25) is 10.0 Å². The fourth-order valence-corrected chi connectivity index (χ4v) is 3.72. The molecule has 2 aromatic rings. The van der Waals surface area contributed by atoms with Gasteiger partial charge in [-0.15, -0.1) is 0 Å². The molecule has 3 rings (SSSR count). The van der Waals surface area contributed by atoms with Gasteiger partial charge in [-0.1, -0.05) is 12.1 Å². The molecule has 1 aromatic heterocycles. The highest BCUT2D eigenvalue weighted by Crippen LogP contribution is 2.18. The molecular weight excluding hydrogens is 333 g/mol. The van der Waals surface area contributed by atoms with Crippen molar-refractivity contribution in [2.24, 2.45) is 0 Å². The molecule has 1 aliphatic heterocycles. The maximum Gasteiger partial charge on any atom is 0.244 e. The molecule has 1 aromatic carbocycles. The number of morpholine rings is 1. The molecule has 0 radical (unpaired) electrons. The van der Waals surface area contributed by atoms with Gasteiger partial charge in [-0.2, -0.15) is 4.31 Å². The van der Waals surface area contributed by atoms with Crippen molar-refractivity contribution < 1.29 is 17.5 Å². The first-order valence-corrected chi connectivity index (χ1v) is 9.02. The zero-order valence-electron chi connectivity index (χ0n) is 13.0. The van der Waals surface area contributed by atoms with Crippen LogP contribution >= 0.6 is 0 Å². The third kappa shape index (κ3) is 3.89. The van der Waals surface area contributed by atoms with Crippen molar-refractivity contribution in [1.29, 1.82) is 0 Å². The lowest BCUT2D eigenvalue weighted by Gasteiger charge is -2.25. The number of hydrogen-bond donors (Lipinski definition) is 1. The molecule has 0 unspecified atom stereocenters. The van der Waals surface area contributed by atoms with Crippen LogP contribution in [0.4, 0.5) is 10.2 Å². The van der Waals surface area contributed by atoms with Crippen LogP contribution in [0.5, 0.6) is 0 Å². The predicted molar refractivity (Wildman–Crippen MR) is 87.5 cm³/mol. The molecule has 0 saturated carbocycles. The number of halogens is 1. The van der Waals surface area contributed by atoms with E-state index in [1.807, 2.05) is 0 Å². The normalized spacial score (nSPS) is 16.0. The Morgan fingerprint density at radius 1 is 1.12 bits per heavy atom. The van der Waals surface area contributed by atoms with E-state index >= 15 is 0 Å². The summed E-state index contributed by atoms with van der Waals surface area (Å²) in [6.45, 7) is 2.00. The van der Waals surface area contributed by atoms with Crippen LogP contribution in [0.25, 0.3) is 0 Å². The predicted octanol–water partition coefficient (Wildman–Crippen LogP) is 1.85. The smallest absolute Gasteiger partial charge is 0.244 e. The molecule has 0 spiro atoms. The van der Waals surface area contributed by atoms with E-state index in [1.165, 1.54) is 28.7 Å². The summed E-state index contributed by atoms with van der Waals surface area (Å²) in [5, 5.41) is 3.08. The summed E-state index contributed by atoms with van der Waals surface area (Å²) in [4.78, 5) is 4.31. The number of aromatic nitrogens is 1. The lowest BCUT2D eigenvalue weighted by Crippen LogP contribution is -2.40. The van der Waals surface area contributed by atoms with Crippen molar-refractivity contribution in [3.63, 3.8) is 0 Å². The van der Waals surface area contributed by atoms with Crippen molar-refractivity contribution in [2.45, 2.75) is 11.4 Å². The Balaban J connectivity index is 1.65. The summed E-state index contributed by atoms with van der Waals surface area (Å²) in [6.07, 6.45) is 1.35. The Morgan fingerprint density at radius 3 is 2.46 bits per heavy atom. The summed E-state index contributed by atoms with van der Waals surface area (Å²) in [6, 6.07) is 9.30. The first-order chi connectivity index (χ1) is 11.6. The molecule has 1 N–H and O–H groups in total. The summed E-state index contributed by atoms with van der Waals surface area (Å²) >= 11 is 0. The average molecular weight is 351 g/mol. The van der Waals surface area contributed by atoms with Gasteiger partial charge in [0.25, 0.3) is 0 Å². The van der Waals surface area contributed by atoms with Crippen LogP contribution in [0.3, 0.4) is 0 Å². The van der Waals surface area contributed by atoms with E-state index < -0.39 is 10.0 Å². The van der Waals surface area contributed by atoms with Gasteiger partial charge in [0, 0.05) is 25.8 Å². The fraction of sp³-hybridized carbons (Fsp3) is 0.312. The number of benzene rings is 1. The number of rotatable bonds is 5. The second-order valence-corrected chi connectivity index (χ2v) is 7.31. The monoisotopic (exact) mass is 351 g/mol. The molecule has 0 amide bonds. The highest BCUT2D eigenvalue weighted by Gasteiger charge is 2.26. The number of anilines is 1. The quantitative estimate of drug-likeness (QED) is 0.890. The minimum absolute atomic E-state index is 0.164. The minimum Gasteiger partial charge on any atom is -0.379 e. The van der Waals surface area contributed by atoms with Crippen LogP contribution in [0.15, 0.2) is 47.5 Å². The highest BCUT2D eigenvalue weighted by molar-refractivity contribution is 7.89. The lowest BCUT2D eigenvalue weighted by atomic mass is 10.2. The Labute approximate surface area is 140 Å². The van der Waals surface area contributed by atoms with Crippen LogP contribution in [-0.4, -0.2) is 44.0 Å². The second-order valence-electron chi connectivity index (χ2n) is 5.38. The van der Waals surface area contributed by atoms with E-state index in [9.17, 15) is 12.8 Å². The van der Waals surface area contributed by atoms with E-state index in [1.54, 1.807) is 18.2 Å². The maximum atomic E-state index is 12.9. The van der Waals surface area contributed by atoms with Crippen LogP contribution < -0.4 is 5.32 Å². The Hall–Kier alpha value is -2.03. The van der Waals surface area contributed by atoms with E-state index in [4.69, 9.17) is 4.74 Å². The molecule has 0 aliphatic carbocycles. The number of nitrogens with zero attached hydrogens (tertiary/aromatic N) is 2. The van der Waals surface area contributed by atoms with E-state index in [0.717, 1.165) is 5.56 Å². The second kappa shape index (κ2) is 7.25. The first kappa shape index (κ1) is 16.8. The van der Waals surface area contributed by atoms with Crippen LogP contribution in [-0.2, 0) is 21.3 Å². The summed E-state index contributed by atoms with van der Waals surface area (Å²) in [7, 11) is -3.53. The van der Waals surface area contributed by atoms with Crippen LogP contribution in [0, 0.1) is 5.82 Å². The van der Waals surface area contributed by atoms with Gasteiger partial charge in [-0.05, 0) is 29.8 Å². The van der Waals surface area contributed by atoms with Gasteiger partial charge in [-0.25, -0.2) is 17.8 Å². The van der Waals surface area contributed by atoms with Crippen molar-refractivity contribution in [1.82, 2.24) is 9.29 Å². The maximum absolute atomic E-state index is 12.9. The molecule has 24 heavy (non-hydrogen) atoms. The van der Waals surface area contributed by atoms with Crippen molar-refractivity contribution in [3.8, 4) is 0 Å². The van der Waals surface area contributed by atoms with E-state index in [0.29, 0.717) is 38.7 Å². The zero-order valence-corrected chi connectivity index (χ0v) is 13.8. The molecule has 8 heteroatoms. The summed E-state index contributed by atoms with van der Waals surface area (Å²) in [5.41, 5.74) is 0.906. The Kier molecular flexibility index (Phi) is 5.08. The molecule has 2 heterocycles. The van der Waals surface area contributed by atoms with Crippen LogP contribution in [0.1, 0.15) is 5.56 Å². The first-order valence-electron chi connectivity index (χ1n) is 7.58.